The zero-order chi connectivity index (χ0) is 11.2. The normalized spacial score (nSPS) is 15.4. The Bertz CT molecular complexity index is 379. The summed E-state index contributed by atoms with van der Waals surface area (Å²) in [5.41, 5.74) is 1.88. The molecule has 0 saturated heterocycles. The van der Waals surface area contributed by atoms with Crippen LogP contribution in [0.15, 0.2) is 42.0 Å². The maximum absolute atomic E-state index is 11.6. The number of hydrogen-bond donors (Lipinski definition) is 0. The quantitative estimate of drug-likeness (QED) is 0.572. The Hall–Kier alpha value is -1.57. The summed E-state index contributed by atoms with van der Waals surface area (Å²) in [5.74, 6) is -0.230. The highest BCUT2D eigenvalue weighted by Crippen LogP contribution is 2.17. The minimum absolute atomic E-state index is 0.230. The van der Waals surface area contributed by atoms with Crippen molar-refractivity contribution in [2.75, 3.05) is 6.61 Å². The van der Waals surface area contributed by atoms with Crippen molar-refractivity contribution in [3.63, 3.8) is 0 Å². The Balaban J connectivity index is 1.86. The molecule has 16 heavy (non-hydrogen) atoms. The van der Waals surface area contributed by atoms with Crippen molar-refractivity contribution in [1.82, 2.24) is 0 Å². The van der Waals surface area contributed by atoms with Crippen LogP contribution in [-0.2, 0) is 4.74 Å². The molecule has 0 unspecified atom stereocenters. The van der Waals surface area contributed by atoms with Gasteiger partial charge >= 0.3 is 5.97 Å². The molecule has 0 N–H and O–H groups in total. The minimum Gasteiger partial charge on any atom is -0.458 e. The van der Waals surface area contributed by atoms with Crippen LogP contribution in [0.4, 0.5) is 0 Å². The number of ether oxygens (including phenoxy) is 1. The van der Waals surface area contributed by atoms with E-state index in [2.05, 4.69) is 6.08 Å². The Morgan fingerprint density at radius 2 is 2.00 bits per heavy atom. The third-order valence-electron chi connectivity index (χ3n) is 2.78. The zero-order valence-electron chi connectivity index (χ0n) is 9.32. The van der Waals surface area contributed by atoms with Crippen molar-refractivity contribution in [3.8, 4) is 0 Å². The van der Waals surface area contributed by atoms with Gasteiger partial charge < -0.3 is 4.74 Å². The standard InChI is InChI=1S/C14H16O2/c15-14(13-9-5-2-6-10-13)16-11-12-7-3-1-4-8-12/h2,5-7,9-10H,1,3-4,8,11H2. The van der Waals surface area contributed by atoms with Crippen molar-refractivity contribution in [2.45, 2.75) is 25.7 Å². The zero-order valence-corrected chi connectivity index (χ0v) is 9.32. The van der Waals surface area contributed by atoms with Gasteiger partial charge in [-0.05, 0) is 43.4 Å². The second kappa shape index (κ2) is 5.50. The Morgan fingerprint density at radius 3 is 2.69 bits per heavy atom. The fourth-order valence-electron chi connectivity index (χ4n) is 1.85. The largest absolute Gasteiger partial charge is 0.458 e. The van der Waals surface area contributed by atoms with Gasteiger partial charge in [0.05, 0.1) is 5.56 Å². The SMILES string of the molecule is O=C(OCC1=CCCCC1)c1ccccc1. The third-order valence-corrected chi connectivity index (χ3v) is 2.78. The molecule has 2 nitrogen and oxygen atoms in total. The van der Waals surface area contributed by atoms with E-state index in [9.17, 15) is 4.79 Å². The summed E-state index contributed by atoms with van der Waals surface area (Å²) in [6.07, 6.45) is 6.87. The van der Waals surface area contributed by atoms with Crippen LogP contribution in [0.25, 0.3) is 0 Å². The average molecular weight is 216 g/mol. The number of rotatable bonds is 3. The summed E-state index contributed by atoms with van der Waals surface area (Å²) in [6.45, 7) is 0.452. The van der Waals surface area contributed by atoms with E-state index in [0.29, 0.717) is 12.2 Å². The Kier molecular flexibility index (Phi) is 3.76. The van der Waals surface area contributed by atoms with Crippen molar-refractivity contribution in [2.24, 2.45) is 0 Å². The van der Waals surface area contributed by atoms with Crippen molar-refractivity contribution in [1.29, 1.82) is 0 Å². The summed E-state index contributed by atoms with van der Waals surface area (Å²) >= 11 is 0. The molecule has 0 atom stereocenters. The van der Waals surface area contributed by atoms with E-state index in [1.165, 1.54) is 18.4 Å². The molecule has 0 aromatic heterocycles. The van der Waals surface area contributed by atoms with Gasteiger partial charge in [0, 0.05) is 0 Å². The average Bonchev–Trinajstić information content (AvgIpc) is 2.38. The monoisotopic (exact) mass is 216 g/mol. The second-order valence-corrected chi connectivity index (χ2v) is 4.05. The number of hydrogen-bond acceptors (Lipinski definition) is 2. The number of esters is 1. The predicted molar refractivity (Wildman–Crippen MR) is 63.3 cm³/mol. The molecule has 2 heteroatoms. The predicted octanol–water partition coefficient (Wildman–Crippen LogP) is 3.34. The first-order valence-electron chi connectivity index (χ1n) is 5.76. The molecule has 1 aliphatic rings. The molecule has 0 fully saturated rings. The fraction of sp³-hybridized carbons (Fsp3) is 0.357. The molecule has 0 bridgehead atoms. The lowest BCUT2D eigenvalue weighted by Crippen LogP contribution is -2.09. The van der Waals surface area contributed by atoms with E-state index in [0.717, 1.165) is 12.8 Å². The third kappa shape index (κ3) is 2.96. The molecule has 0 spiro atoms. The van der Waals surface area contributed by atoms with E-state index in [1.54, 1.807) is 12.1 Å². The van der Waals surface area contributed by atoms with Gasteiger partial charge in [-0.1, -0.05) is 24.3 Å². The van der Waals surface area contributed by atoms with Gasteiger partial charge in [-0.3, -0.25) is 0 Å². The lowest BCUT2D eigenvalue weighted by molar-refractivity contribution is 0.0536. The maximum Gasteiger partial charge on any atom is 0.338 e. The van der Waals surface area contributed by atoms with Crippen LogP contribution >= 0.6 is 0 Å². The molecule has 0 heterocycles. The van der Waals surface area contributed by atoms with Gasteiger partial charge in [0.15, 0.2) is 0 Å². The van der Waals surface area contributed by atoms with E-state index < -0.39 is 0 Å². The molecule has 1 aromatic carbocycles. The highest BCUT2D eigenvalue weighted by molar-refractivity contribution is 5.89. The molecule has 0 amide bonds. The molecule has 0 saturated carbocycles. The van der Waals surface area contributed by atoms with Crippen LogP contribution < -0.4 is 0 Å². The van der Waals surface area contributed by atoms with Gasteiger partial charge in [-0.25, -0.2) is 4.79 Å². The van der Waals surface area contributed by atoms with Crippen molar-refractivity contribution in [3.05, 3.63) is 47.5 Å². The highest BCUT2D eigenvalue weighted by Gasteiger charge is 2.08. The number of allylic oxidation sites excluding steroid dienone is 1. The van der Waals surface area contributed by atoms with Gasteiger partial charge in [-0.15, -0.1) is 0 Å². The summed E-state index contributed by atoms with van der Waals surface area (Å²) in [5, 5.41) is 0. The molecule has 0 aliphatic heterocycles. The molecule has 2 rings (SSSR count). The molecule has 0 radical (unpaired) electrons. The maximum atomic E-state index is 11.6. The van der Waals surface area contributed by atoms with Crippen molar-refractivity contribution < 1.29 is 9.53 Å². The van der Waals surface area contributed by atoms with Gasteiger partial charge in [0.25, 0.3) is 0 Å². The Labute approximate surface area is 95.9 Å². The van der Waals surface area contributed by atoms with E-state index >= 15 is 0 Å². The molecule has 84 valence electrons. The topological polar surface area (TPSA) is 26.3 Å². The van der Waals surface area contributed by atoms with Gasteiger partial charge in [0.2, 0.25) is 0 Å². The number of carbonyl (C=O) groups excluding carboxylic acids is 1. The minimum atomic E-state index is -0.230. The van der Waals surface area contributed by atoms with E-state index in [1.807, 2.05) is 18.2 Å². The summed E-state index contributed by atoms with van der Waals surface area (Å²) in [4.78, 5) is 11.6. The summed E-state index contributed by atoms with van der Waals surface area (Å²) in [7, 11) is 0. The first kappa shape index (κ1) is 10.9. The fourth-order valence-corrected chi connectivity index (χ4v) is 1.85. The van der Waals surface area contributed by atoms with E-state index in [4.69, 9.17) is 4.74 Å². The van der Waals surface area contributed by atoms with Crippen molar-refractivity contribution >= 4 is 5.97 Å². The highest BCUT2D eigenvalue weighted by atomic mass is 16.5. The lowest BCUT2D eigenvalue weighted by Gasteiger charge is -2.12. The van der Waals surface area contributed by atoms with Gasteiger partial charge in [0.1, 0.15) is 6.61 Å². The Morgan fingerprint density at radius 1 is 1.19 bits per heavy atom. The van der Waals surface area contributed by atoms with Crippen LogP contribution in [0.3, 0.4) is 0 Å². The molecule has 1 aliphatic carbocycles. The summed E-state index contributed by atoms with van der Waals surface area (Å²) in [6, 6.07) is 9.13. The van der Waals surface area contributed by atoms with Crippen LogP contribution in [0, 0.1) is 0 Å². The van der Waals surface area contributed by atoms with Crippen LogP contribution in [0.5, 0.6) is 0 Å². The van der Waals surface area contributed by atoms with E-state index in [-0.39, 0.29) is 5.97 Å². The first-order valence-corrected chi connectivity index (χ1v) is 5.76. The van der Waals surface area contributed by atoms with Crippen LogP contribution in [0.1, 0.15) is 36.0 Å². The lowest BCUT2D eigenvalue weighted by atomic mass is 10.0. The van der Waals surface area contributed by atoms with Crippen LogP contribution in [-0.4, -0.2) is 12.6 Å². The number of carbonyl (C=O) groups is 1. The number of benzene rings is 1. The first-order chi connectivity index (χ1) is 7.86. The smallest absolute Gasteiger partial charge is 0.338 e. The molecule has 1 aromatic rings. The van der Waals surface area contributed by atoms with Crippen LogP contribution in [0.2, 0.25) is 0 Å². The van der Waals surface area contributed by atoms with Gasteiger partial charge in [-0.2, -0.15) is 0 Å². The second-order valence-electron chi connectivity index (χ2n) is 4.05. The molecular formula is C14H16O2. The molecular weight excluding hydrogens is 200 g/mol. The summed E-state index contributed by atoms with van der Waals surface area (Å²) < 4.78 is 5.26.